The average molecular weight is 406 g/mol. The number of nitrogens with zero attached hydrogens (tertiary/aromatic N) is 4. The second-order valence-corrected chi connectivity index (χ2v) is 6.41. The van der Waals surface area contributed by atoms with Gasteiger partial charge in [0.25, 0.3) is 5.91 Å². The van der Waals surface area contributed by atoms with Gasteiger partial charge in [-0.15, -0.1) is 0 Å². The van der Waals surface area contributed by atoms with Crippen LogP contribution >= 0.6 is 0 Å². The molecule has 9 heteroatoms. The zero-order valence-corrected chi connectivity index (χ0v) is 15.8. The number of imidazole rings is 1. The van der Waals surface area contributed by atoms with E-state index in [0.29, 0.717) is 29.2 Å². The molecule has 2 aromatic heterocycles. The normalized spacial score (nSPS) is 10.6. The number of carbonyl (C=O) groups excluding carboxylic acids is 1. The second-order valence-electron chi connectivity index (χ2n) is 6.41. The number of carbonyl (C=O) groups is 1. The molecule has 0 aliphatic rings. The molecule has 2 aromatic carbocycles. The van der Waals surface area contributed by atoms with E-state index in [4.69, 9.17) is 0 Å². The molecular weight excluding hydrogens is 390 g/mol. The summed E-state index contributed by atoms with van der Waals surface area (Å²) in [5.41, 5.74) is 0.963. The molecule has 0 saturated carbocycles. The van der Waals surface area contributed by atoms with Crippen molar-refractivity contribution in [3.8, 4) is 5.82 Å². The Balaban J connectivity index is 1.47. The first kappa shape index (κ1) is 19.2. The summed E-state index contributed by atoms with van der Waals surface area (Å²) in [6, 6.07) is 11.4. The van der Waals surface area contributed by atoms with E-state index in [0.717, 1.165) is 17.8 Å². The standard InChI is InChI=1S/C21H16F2N6O/c1-13-25-19(11-20(26-13)29-9-8-24-12-29)27-15-3-5-16(6-4-15)28-21(30)17-7-2-14(22)10-18(17)23/h2-12H,1H3,(H,28,30)(H,25,26,27). The minimum atomic E-state index is -0.918. The average Bonchev–Trinajstić information content (AvgIpc) is 3.24. The molecule has 2 heterocycles. The van der Waals surface area contributed by atoms with Crippen molar-refractivity contribution >= 4 is 23.1 Å². The van der Waals surface area contributed by atoms with Crippen LogP contribution in [-0.4, -0.2) is 25.4 Å². The van der Waals surface area contributed by atoms with Gasteiger partial charge < -0.3 is 10.6 Å². The van der Waals surface area contributed by atoms with Gasteiger partial charge in [-0.3, -0.25) is 9.36 Å². The Labute approximate surface area is 170 Å². The number of nitrogens with one attached hydrogen (secondary N) is 2. The predicted octanol–water partition coefficient (Wildman–Crippen LogP) is 4.24. The van der Waals surface area contributed by atoms with Gasteiger partial charge in [-0.2, -0.15) is 0 Å². The maximum Gasteiger partial charge on any atom is 0.258 e. The Morgan fingerprint density at radius 2 is 1.77 bits per heavy atom. The van der Waals surface area contributed by atoms with Crippen LogP contribution in [0.4, 0.5) is 26.0 Å². The number of aromatic nitrogens is 4. The first-order valence-electron chi connectivity index (χ1n) is 8.95. The van der Waals surface area contributed by atoms with Crippen molar-refractivity contribution in [1.29, 1.82) is 0 Å². The number of benzene rings is 2. The van der Waals surface area contributed by atoms with Crippen LogP contribution in [0.1, 0.15) is 16.2 Å². The zero-order valence-electron chi connectivity index (χ0n) is 15.8. The molecule has 150 valence electrons. The lowest BCUT2D eigenvalue weighted by Crippen LogP contribution is -2.13. The van der Waals surface area contributed by atoms with Crippen molar-refractivity contribution < 1.29 is 13.6 Å². The topological polar surface area (TPSA) is 84.7 Å². The van der Waals surface area contributed by atoms with E-state index in [1.807, 2.05) is 0 Å². The summed E-state index contributed by atoms with van der Waals surface area (Å²) in [5, 5.41) is 5.76. The number of hydrogen-bond donors (Lipinski definition) is 2. The smallest absolute Gasteiger partial charge is 0.258 e. The van der Waals surface area contributed by atoms with Gasteiger partial charge in [0.05, 0.1) is 5.56 Å². The van der Waals surface area contributed by atoms with Crippen LogP contribution in [0.15, 0.2) is 67.3 Å². The quantitative estimate of drug-likeness (QED) is 0.518. The van der Waals surface area contributed by atoms with E-state index in [-0.39, 0.29) is 5.56 Å². The van der Waals surface area contributed by atoms with E-state index in [9.17, 15) is 13.6 Å². The highest BCUT2D eigenvalue weighted by Gasteiger charge is 2.13. The number of halogens is 2. The van der Waals surface area contributed by atoms with Crippen molar-refractivity contribution in [3.63, 3.8) is 0 Å². The Hall–Kier alpha value is -4.14. The molecule has 0 saturated heterocycles. The number of anilines is 3. The summed E-state index contributed by atoms with van der Waals surface area (Å²) in [6.07, 6.45) is 5.09. The van der Waals surface area contributed by atoms with Crippen LogP contribution in [0.3, 0.4) is 0 Å². The molecule has 0 aliphatic heterocycles. The van der Waals surface area contributed by atoms with Gasteiger partial charge in [-0.1, -0.05) is 0 Å². The SMILES string of the molecule is Cc1nc(Nc2ccc(NC(=O)c3ccc(F)cc3F)cc2)cc(-n2ccnc2)n1. The van der Waals surface area contributed by atoms with Gasteiger partial charge in [0.1, 0.15) is 35.4 Å². The minimum absolute atomic E-state index is 0.234. The fourth-order valence-corrected chi connectivity index (χ4v) is 2.80. The van der Waals surface area contributed by atoms with Crippen LogP contribution in [0.25, 0.3) is 5.82 Å². The van der Waals surface area contributed by atoms with Crippen LogP contribution in [-0.2, 0) is 0 Å². The van der Waals surface area contributed by atoms with E-state index in [2.05, 4.69) is 25.6 Å². The summed E-state index contributed by atoms with van der Waals surface area (Å²) in [5.74, 6) is -0.461. The molecule has 0 fully saturated rings. The van der Waals surface area contributed by atoms with Crippen LogP contribution in [0.2, 0.25) is 0 Å². The summed E-state index contributed by atoms with van der Waals surface area (Å²) < 4.78 is 28.5. The van der Waals surface area contributed by atoms with Crippen molar-refractivity contribution in [2.45, 2.75) is 6.92 Å². The van der Waals surface area contributed by atoms with E-state index >= 15 is 0 Å². The van der Waals surface area contributed by atoms with Gasteiger partial charge in [0.15, 0.2) is 0 Å². The fraction of sp³-hybridized carbons (Fsp3) is 0.0476. The minimum Gasteiger partial charge on any atom is -0.340 e. The predicted molar refractivity (Wildman–Crippen MR) is 108 cm³/mol. The number of hydrogen-bond acceptors (Lipinski definition) is 5. The van der Waals surface area contributed by atoms with Crippen molar-refractivity contribution in [1.82, 2.24) is 19.5 Å². The van der Waals surface area contributed by atoms with Gasteiger partial charge in [0, 0.05) is 35.9 Å². The molecule has 0 radical (unpaired) electrons. The number of amides is 1. The Morgan fingerprint density at radius 3 is 2.47 bits per heavy atom. The lowest BCUT2D eigenvalue weighted by molar-refractivity contribution is 0.102. The second kappa shape index (κ2) is 8.08. The molecule has 0 atom stereocenters. The maximum atomic E-state index is 13.7. The highest BCUT2D eigenvalue weighted by atomic mass is 19.1. The summed E-state index contributed by atoms with van der Waals surface area (Å²) in [4.78, 5) is 25.0. The van der Waals surface area contributed by atoms with E-state index < -0.39 is 17.5 Å². The van der Waals surface area contributed by atoms with Crippen LogP contribution in [0, 0.1) is 18.6 Å². The zero-order chi connectivity index (χ0) is 21.1. The summed E-state index contributed by atoms with van der Waals surface area (Å²) >= 11 is 0. The lowest BCUT2D eigenvalue weighted by Gasteiger charge is -2.10. The summed E-state index contributed by atoms with van der Waals surface area (Å²) in [6.45, 7) is 1.79. The van der Waals surface area contributed by atoms with Gasteiger partial charge in [-0.05, 0) is 43.3 Å². The lowest BCUT2D eigenvalue weighted by atomic mass is 10.2. The molecule has 2 N–H and O–H groups in total. The highest BCUT2D eigenvalue weighted by Crippen LogP contribution is 2.20. The first-order chi connectivity index (χ1) is 14.5. The van der Waals surface area contributed by atoms with Crippen molar-refractivity contribution in [2.24, 2.45) is 0 Å². The molecule has 4 aromatic rings. The fourth-order valence-electron chi connectivity index (χ4n) is 2.80. The number of aryl methyl sites for hydroxylation is 1. The molecular formula is C21H16F2N6O. The molecule has 4 rings (SSSR count). The van der Waals surface area contributed by atoms with Crippen LogP contribution < -0.4 is 10.6 Å². The van der Waals surface area contributed by atoms with Crippen molar-refractivity contribution in [2.75, 3.05) is 10.6 Å². The maximum absolute atomic E-state index is 13.7. The third-order valence-electron chi connectivity index (χ3n) is 4.18. The van der Waals surface area contributed by atoms with Crippen LogP contribution in [0.5, 0.6) is 0 Å². The van der Waals surface area contributed by atoms with E-state index in [1.165, 1.54) is 0 Å². The molecule has 0 bridgehead atoms. The molecule has 0 unspecified atom stereocenters. The molecule has 1 amide bonds. The molecule has 30 heavy (non-hydrogen) atoms. The molecule has 0 spiro atoms. The Morgan fingerprint density at radius 1 is 1.00 bits per heavy atom. The highest BCUT2D eigenvalue weighted by molar-refractivity contribution is 6.04. The third kappa shape index (κ3) is 4.30. The first-order valence-corrected chi connectivity index (χ1v) is 8.95. The van der Waals surface area contributed by atoms with Gasteiger partial charge in [-0.25, -0.2) is 23.7 Å². The van der Waals surface area contributed by atoms with Gasteiger partial charge >= 0.3 is 0 Å². The Kier molecular flexibility index (Phi) is 5.17. The number of rotatable bonds is 5. The Bertz CT molecular complexity index is 1190. The third-order valence-corrected chi connectivity index (χ3v) is 4.18. The van der Waals surface area contributed by atoms with Crippen molar-refractivity contribution in [3.05, 3.63) is 90.3 Å². The summed E-state index contributed by atoms with van der Waals surface area (Å²) in [7, 11) is 0. The largest absolute Gasteiger partial charge is 0.340 e. The monoisotopic (exact) mass is 406 g/mol. The van der Waals surface area contributed by atoms with E-state index in [1.54, 1.807) is 60.5 Å². The molecule has 0 aliphatic carbocycles. The van der Waals surface area contributed by atoms with Gasteiger partial charge in [0.2, 0.25) is 0 Å². The molecule has 7 nitrogen and oxygen atoms in total.